The molecule has 1 aromatic heterocycles. The number of nitrogens with one attached hydrogen (secondary N) is 1. The van der Waals surface area contributed by atoms with E-state index in [9.17, 15) is 18.0 Å². The molecule has 1 aromatic rings. The topological polar surface area (TPSA) is 96.4 Å². The van der Waals surface area contributed by atoms with Crippen molar-refractivity contribution in [2.45, 2.75) is 11.9 Å². The summed E-state index contributed by atoms with van der Waals surface area (Å²) in [6.07, 6.45) is 3.09. The molecule has 0 aliphatic carbocycles. The molecule has 2 amide bonds. The van der Waals surface area contributed by atoms with Crippen molar-refractivity contribution in [2.24, 2.45) is 5.92 Å². The number of sulfonamides is 1. The quantitative estimate of drug-likeness (QED) is 0.810. The number of carbonyl (C=O) groups is 2. The third-order valence-corrected chi connectivity index (χ3v) is 4.90. The molecule has 1 atom stereocenters. The van der Waals surface area contributed by atoms with Crippen molar-refractivity contribution in [2.75, 3.05) is 26.1 Å². The molecule has 22 heavy (non-hydrogen) atoms. The third kappa shape index (κ3) is 4.44. The molecule has 0 radical (unpaired) electrons. The van der Waals surface area contributed by atoms with Crippen LogP contribution in [0.4, 0.5) is 0 Å². The summed E-state index contributed by atoms with van der Waals surface area (Å²) in [6.45, 7) is 1.63. The fourth-order valence-electron chi connectivity index (χ4n) is 1.62. The predicted octanol–water partition coefficient (Wildman–Crippen LogP) is 0.587. The second kappa shape index (κ2) is 7.59. The Bertz CT molecular complexity index is 659. The molecule has 122 valence electrons. The van der Waals surface area contributed by atoms with Crippen LogP contribution in [0.2, 0.25) is 0 Å². The molecule has 1 heterocycles. The standard InChI is InChI=1S/C13H19N3O4S2/c1-9(8-21-4)11(17)15-22(19,20)12-10(6-5-7-14-12)13(18)16(2)3/h5-7,9H,8H2,1-4H3,(H,15,17)/t9-/m0/s1. The Morgan fingerprint density at radius 3 is 2.59 bits per heavy atom. The number of nitrogens with zero attached hydrogens (tertiary/aromatic N) is 2. The lowest BCUT2D eigenvalue weighted by molar-refractivity contribution is -0.122. The van der Waals surface area contributed by atoms with Gasteiger partial charge in [0.15, 0.2) is 5.03 Å². The van der Waals surface area contributed by atoms with E-state index in [-0.39, 0.29) is 5.56 Å². The summed E-state index contributed by atoms with van der Waals surface area (Å²) in [5.41, 5.74) is -0.0784. The summed E-state index contributed by atoms with van der Waals surface area (Å²) in [7, 11) is -1.19. The second-order valence-corrected chi connectivity index (χ2v) is 7.39. The zero-order valence-electron chi connectivity index (χ0n) is 12.9. The molecule has 0 aliphatic rings. The fraction of sp³-hybridized carbons (Fsp3) is 0.462. The molecule has 0 bridgehead atoms. The van der Waals surface area contributed by atoms with Crippen molar-refractivity contribution >= 4 is 33.6 Å². The Kier molecular flexibility index (Phi) is 6.36. The van der Waals surface area contributed by atoms with Gasteiger partial charge in [0.1, 0.15) is 0 Å². The van der Waals surface area contributed by atoms with Gasteiger partial charge >= 0.3 is 0 Å². The van der Waals surface area contributed by atoms with Crippen LogP contribution < -0.4 is 4.72 Å². The summed E-state index contributed by atoms with van der Waals surface area (Å²) in [5, 5.41) is -0.446. The number of hydrogen-bond acceptors (Lipinski definition) is 6. The molecule has 0 saturated carbocycles. The van der Waals surface area contributed by atoms with E-state index in [1.165, 1.54) is 49.1 Å². The SMILES string of the molecule is CSC[C@H](C)C(=O)NS(=O)(=O)c1ncccc1C(=O)N(C)C. The lowest BCUT2D eigenvalue weighted by atomic mass is 10.2. The van der Waals surface area contributed by atoms with Crippen LogP contribution in [0.25, 0.3) is 0 Å². The first kappa shape index (κ1) is 18.4. The van der Waals surface area contributed by atoms with Gasteiger partial charge in [-0.2, -0.15) is 20.2 Å². The van der Waals surface area contributed by atoms with Crippen LogP contribution in [0.5, 0.6) is 0 Å². The van der Waals surface area contributed by atoms with Crippen molar-refractivity contribution < 1.29 is 18.0 Å². The van der Waals surface area contributed by atoms with Gasteiger partial charge in [0.25, 0.3) is 15.9 Å². The first-order valence-electron chi connectivity index (χ1n) is 6.43. The van der Waals surface area contributed by atoms with Gasteiger partial charge in [-0.1, -0.05) is 6.92 Å². The average Bonchev–Trinajstić information content (AvgIpc) is 2.46. The van der Waals surface area contributed by atoms with E-state index < -0.39 is 32.8 Å². The maximum absolute atomic E-state index is 12.3. The van der Waals surface area contributed by atoms with E-state index in [4.69, 9.17) is 0 Å². The largest absolute Gasteiger partial charge is 0.345 e. The van der Waals surface area contributed by atoms with Crippen LogP contribution in [-0.4, -0.2) is 56.2 Å². The monoisotopic (exact) mass is 345 g/mol. The fourth-order valence-corrected chi connectivity index (χ4v) is 3.47. The maximum Gasteiger partial charge on any atom is 0.282 e. The number of thioether (sulfide) groups is 1. The lowest BCUT2D eigenvalue weighted by Gasteiger charge is -2.15. The van der Waals surface area contributed by atoms with E-state index in [1.807, 2.05) is 11.0 Å². The highest BCUT2D eigenvalue weighted by molar-refractivity contribution is 7.98. The van der Waals surface area contributed by atoms with Gasteiger partial charge in [-0.3, -0.25) is 9.59 Å². The summed E-state index contributed by atoms with van der Waals surface area (Å²) in [5.74, 6) is -1.10. The lowest BCUT2D eigenvalue weighted by Crippen LogP contribution is -2.37. The molecule has 0 saturated heterocycles. The van der Waals surface area contributed by atoms with E-state index in [2.05, 4.69) is 4.98 Å². The normalized spacial score (nSPS) is 12.5. The molecule has 9 heteroatoms. The summed E-state index contributed by atoms with van der Waals surface area (Å²) >= 11 is 1.44. The third-order valence-electron chi connectivity index (χ3n) is 2.76. The first-order valence-corrected chi connectivity index (χ1v) is 9.30. The number of aromatic nitrogens is 1. The van der Waals surface area contributed by atoms with Gasteiger partial charge in [0.2, 0.25) is 5.91 Å². The number of carbonyl (C=O) groups excluding carboxylic acids is 2. The second-order valence-electron chi connectivity index (χ2n) is 4.88. The number of pyridine rings is 1. The highest BCUT2D eigenvalue weighted by atomic mass is 32.2. The van der Waals surface area contributed by atoms with Crippen LogP contribution >= 0.6 is 11.8 Å². The van der Waals surface area contributed by atoms with E-state index >= 15 is 0 Å². The number of hydrogen-bond donors (Lipinski definition) is 1. The van der Waals surface area contributed by atoms with Gasteiger partial charge < -0.3 is 4.90 Å². The minimum absolute atomic E-state index is 0.0784. The first-order chi connectivity index (χ1) is 10.2. The van der Waals surface area contributed by atoms with Gasteiger partial charge in [0, 0.05) is 32.0 Å². The summed E-state index contributed by atoms with van der Waals surface area (Å²) < 4.78 is 26.6. The molecular weight excluding hydrogens is 326 g/mol. The van der Waals surface area contributed by atoms with Crippen LogP contribution in [0, 0.1) is 5.92 Å². The minimum Gasteiger partial charge on any atom is -0.345 e. The Hall–Kier alpha value is -1.61. The van der Waals surface area contributed by atoms with E-state index in [1.54, 1.807) is 6.92 Å². The highest BCUT2D eigenvalue weighted by Crippen LogP contribution is 2.15. The highest BCUT2D eigenvalue weighted by Gasteiger charge is 2.28. The van der Waals surface area contributed by atoms with Gasteiger partial charge in [-0.15, -0.1) is 0 Å². The number of rotatable bonds is 6. The van der Waals surface area contributed by atoms with Gasteiger partial charge in [-0.05, 0) is 18.4 Å². The minimum atomic E-state index is -4.20. The summed E-state index contributed by atoms with van der Waals surface area (Å²) in [4.78, 5) is 29.0. The van der Waals surface area contributed by atoms with Crippen molar-refractivity contribution in [1.82, 2.24) is 14.6 Å². The van der Waals surface area contributed by atoms with Crippen LogP contribution in [0.1, 0.15) is 17.3 Å². The van der Waals surface area contributed by atoms with Crippen molar-refractivity contribution in [3.8, 4) is 0 Å². The smallest absolute Gasteiger partial charge is 0.282 e. The van der Waals surface area contributed by atoms with Crippen molar-refractivity contribution in [1.29, 1.82) is 0 Å². The molecule has 0 spiro atoms. The summed E-state index contributed by atoms with van der Waals surface area (Å²) in [6, 6.07) is 2.83. The Balaban J connectivity index is 3.14. The zero-order valence-corrected chi connectivity index (χ0v) is 14.5. The van der Waals surface area contributed by atoms with Crippen LogP contribution in [0.15, 0.2) is 23.4 Å². The molecule has 1 rings (SSSR count). The average molecular weight is 345 g/mol. The van der Waals surface area contributed by atoms with Crippen molar-refractivity contribution in [3.05, 3.63) is 23.9 Å². The Morgan fingerprint density at radius 1 is 1.41 bits per heavy atom. The van der Waals surface area contributed by atoms with Gasteiger partial charge in [0.05, 0.1) is 5.56 Å². The zero-order chi connectivity index (χ0) is 16.9. The van der Waals surface area contributed by atoms with Crippen LogP contribution in [-0.2, 0) is 14.8 Å². The van der Waals surface area contributed by atoms with Crippen LogP contribution in [0.3, 0.4) is 0 Å². The Labute approximate surface area is 134 Å². The molecule has 1 N–H and O–H groups in total. The molecule has 0 aliphatic heterocycles. The van der Waals surface area contributed by atoms with E-state index in [0.717, 1.165) is 0 Å². The predicted molar refractivity (Wildman–Crippen MR) is 85.1 cm³/mol. The number of amides is 2. The van der Waals surface area contributed by atoms with Gasteiger partial charge in [-0.25, -0.2) is 9.71 Å². The molecular formula is C13H19N3O4S2. The molecule has 0 unspecified atom stereocenters. The molecule has 7 nitrogen and oxygen atoms in total. The maximum atomic E-state index is 12.3. The Morgan fingerprint density at radius 2 is 2.05 bits per heavy atom. The van der Waals surface area contributed by atoms with E-state index in [0.29, 0.717) is 5.75 Å². The molecule has 0 aromatic carbocycles. The molecule has 0 fully saturated rings. The van der Waals surface area contributed by atoms with Crippen molar-refractivity contribution in [3.63, 3.8) is 0 Å².